The van der Waals surface area contributed by atoms with Crippen molar-refractivity contribution in [3.63, 3.8) is 0 Å². The van der Waals surface area contributed by atoms with E-state index in [0.29, 0.717) is 29.3 Å². The molecule has 0 radical (unpaired) electrons. The molecule has 112 valence electrons. The van der Waals surface area contributed by atoms with Crippen LogP contribution in [0.15, 0.2) is 30.5 Å². The summed E-state index contributed by atoms with van der Waals surface area (Å²) in [5.41, 5.74) is 7.78. The van der Waals surface area contributed by atoms with Gasteiger partial charge in [-0.1, -0.05) is 6.92 Å². The van der Waals surface area contributed by atoms with E-state index in [-0.39, 0.29) is 11.8 Å². The number of benzene rings is 1. The van der Waals surface area contributed by atoms with Gasteiger partial charge in [0.15, 0.2) is 11.2 Å². The highest BCUT2D eigenvalue weighted by molar-refractivity contribution is 5.79. The first-order valence-corrected chi connectivity index (χ1v) is 6.86. The third kappa shape index (κ3) is 2.78. The second-order valence-electron chi connectivity index (χ2n) is 4.67. The summed E-state index contributed by atoms with van der Waals surface area (Å²) in [7, 11) is 0. The van der Waals surface area contributed by atoms with E-state index >= 15 is 0 Å². The monoisotopic (exact) mass is 299 g/mol. The SMILES string of the molecule is CCCOc1nc(N)nc2ncc(-c3ccc(F)cc3)nc12. The predicted octanol–water partition coefficient (Wildman–Crippen LogP) is 2.60. The van der Waals surface area contributed by atoms with Crippen LogP contribution in [0.4, 0.5) is 10.3 Å². The number of halogens is 1. The fourth-order valence-electron chi connectivity index (χ4n) is 1.96. The van der Waals surface area contributed by atoms with E-state index in [1.54, 1.807) is 18.3 Å². The number of nitrogens with two attached hydrogens (primary N) is 1. The maximum Gasteiger partial charge on any atom is 0.247 e. The predicted molar refractivity (Wildman–Crippen MR) is 80.7 cm³/mol. The molecule has 0 spiro atoms. The Kier molecular flexibility index (Phi) is 3.78. The summed E-state index contributed by atoms with van der Waals surface area (Å²) in [6.07, 6.45) is 2.39. The Labute approximate surface area is 126 Å². The van der Waals surface area contributed by atoms with Gasteiger partial charge >= 0.3 is 0 Å². The van der Waals surface area contributed by atoms with Crippen molar-refractivity contribution in [1.82, 2.24) is 19.9 Å². The van der Waals surface area contributed by atoms with E-state index in [1.165, 1.54) is 12.1 Å². The smallest absolute Gasteiger partial charge is 0.247 e. The van der Waals surface area contributed by atoms with Gasteiger partial charge in [0, 0.05) is 5.56 Å². The molecule has 0 bridgehead atoms. The van der Waals surface area contributed by atoms with E-state index in [9.17, 15) is 4.39 Å². The van der Waals surface area contributed by atoms with Gasteiger partial charge in [-0.05, 0) is 30.7 Å². The second kappa shape index (κ2) is 5.88. The van der Waals surface area contributed by atoms with Crippen LogP contribution >= 0.6 is 0 Å². The molecule has 2 heterocycles. The Balaban J connectivity index is 2.11. The molecule has 0 aliphatic rings. The highest BCUT2D eigenvalue weighted by Crippen LogP contribution is 2.24. The minimum atomic E-state index is -0.305. The number of fused-ring (bicyclic) bond motifs is 1. The Morgan fingerprint density at radius 1 is 1.14 bits per heavy atom. The van der Waals surface area contributed by atoms with Crippen LogP contribution in [0.3, 0.4) is 0 Å². The van der Waals surface area contributed by atoms with Crippen molar-refractivity contribution >= 4 is 17.1 Å². The van der Waals surface area contributed by atoms with E-state index < -0.39 is 0 Å². The first kappa shape index (κ1) is 14.1. The van der Waals surface area contributed by atoms with Crippen LogP contribution in [0.25, 0.3) is 22.4 Å². The molecule has 2 aromatic heterocycles. The number of nitrogens with zero attached hydrogens (tertiary/aromatic N) is 4. The summed E-state index contributed by atoms with van der Waals surface area (Å²) in [5.74, 6) is 0.0869. The molecule has 0 amide bonds. The summed E-state index contributed by atoms with van der Waals surface area (Å²) in [4.78, 5) is 16.8. The summed E-state index contributed by atoms with van der Waals surface area (Å²) < 4.78 is 18.6. The van der Waals surface area contributed by atoms with Gasteiger partial charge < -0.3 is 10.5 Å². The number of hydrogen-bond donors (Lipinski definition) is 1. The highest BCUT2D eigenvalue weighted by Gasteiger charge is 2.12. The van der Waals surface area contributed by atoms with Crippen molar-refractivity contribution in [1.29, 1.82) is 0 Å². The molecule has 0 atom stereocenters. The largest absolute Gasteiger partial charge is 0.476 e. The number of anilines is 1. The normalized spacial score (nSPS) is 10.8. The van der Waals surface area contributed by atoms with E-state index in [0.717, 1.165) is 12.0 Å². The highest BCUT2D eigenvalue weighted by atomic mass is 19.1. The molecule has 0 fully saturated rings. The molecular weight excluding hydrogens is 285 g/mol. The first-order valence-electron chi connectivity index (χ1n) is 6.86. The van der Waals surface area contributed by atoms with Crippen molar-refractivity contribution < 1.29 is 9.13 Å². The fraction of sp³-hybridized carbons (Fsp3) is 0.200. The van der Waals surface area contributed by atoms with Gasteiger partial charge in [-0.3, -0.25) is 0 Å². The van der Waals surface area contributed by atoms with E-state index in [4.69, 9.17) is 10.5 Å². The van der Waals surface area contributed by atoms with Crippen molar-refractivity contribution in [3.05, 3.63) is 36.3 Å². The minimum Gasteiger partial charge on any atom is -0.476 e. The van der Waals surface area contributed by atoms with Gasteiger partial charge in [0.2, 0.25) is 11.8 Å². The Morgan fingerprint density at radius 3 is 2.64 bits per heavy atom. The molecule has 0 unspecified atom stereocenters. The second-order valence-corrected chi connectivity index (χ2v) is 4.67. The molecule has 22 heavy (non-hydrogen) atoms. The number of ether oxygens (including phenoxy) is 1. The molecule has 0 saturated carbocycles. The van der Waals surface area contributed by atoms with Gasteiger partial charge in [0.05, 0.1) is 18.5 Å². The summed E-state index contributed by atoms with van der Waals surface area (Å²) in [6, 6.07) is 6.01. The Morgan fingerprint density at radius 2 is 1.91 bits per heavy atom. The molecule has 3 aromatic rings. The minimum absolute atomic E-state index is 0.0856. The summed E-state index contributed by atoms with van der Waals surface area (Å²) in [6.45, 7) is 2.48. The lowest BCUT2D eigenvalue weighted by atomic mass is 10.1. The van der Waals surface area contributed by atoms with E-state index in [2.05, 4.69) is 19.9 Å². The van der Waals surface area contributed by atoms with Gasteiger partial charge in [0.25, 0.3) is 0 Å². The Hall–Kier alpha value is -2.83. The van der Waals surface area contributed by atoms with Gasteiger partial charge in [-0.2, -0.15) is 9.97 Å². The van der Waals surface area contributed by atoms with Crippen molar-refractivity contribution in [2.75, 3.05) is 12.3 Å². The van der Waals surface area contributed by atoms with Crippen molar-refractivity contribution in [2.24, 2.45) is 0 Å². The maximum atomic E-state index is 13.0. The molecule has 0 saturated heterocycles. The van der Waals surface area contributed by atoms with Crippen LogP contribution in [0.1, 0.15) is 13.3 Å². The molecular formula is C15H14FN5O. The molecule has 3 rings (SSSR count). The lowest BCUT2D eigenvalue weighted by molar-refractivity contribution is 0.309. The lowest BCUT2D eigenvalue weighted by Crippen LogP contribution is -2.05. The zero-order valence-corrected chi connectivity index (χ0v) is 12.0. The molecule has 7 heteroatoms. The molecule has 2 N–H and O–H groups in total. The topological polar surface area (TPSA) is 86.8 Å². The van der Waals surface area contributed by atoms with Gasteiger partial charge in [-0.25, -0.2) is 14.4 Å². The summed E-state index contributed by atoms with van der Waals surface area (Å²) in [5, 5.41) is 0. The molecule has 0 aliphatic heterocycles. The van der Waals surface area contributed by atoms with Crippen LogP contribution in [0.2, 0.25) is 0 Å². The molecule has 6 nitrogen and oxygen atoms in total. The van der Waals surface area contributed by atoms with Gasteiger partial charge in [0.1, 0.15) is 5.82 Å². The van der Waals surface area contributed by atoms with Crippen molar-refractivity contribution in [3.8, 4) is 17.1 Å². The van der Waals surface area contributed by atoms with Crippen LogP contribution < -0.4 is 10.5 Å². The van der Waals surface area contributed by atoms with Crippen LogP contribution in [0.5, 0.6) is 5.88 Å². The van der Waals surface area contributed by atoms with Crippen LogP contribution in [-0.2, 0) is 0 Å². The van der Waals surface area contributed by atoms with E-state index in [1.807, 2.05) is 6.92 Å². The van der Waals surface area contributed by atoms with Crippen LogP contribution in [-0.4, -0.2) is 26.5 Å². The lowest BCUT2D eigenvalue weighted by Gasteiger charge is -2.08. The number of hydrogen-bond acceptors (Lipinski definition) is 6. The average molecular weight is 299 g/mol. The maximum absolute atomic E-state index is 13.0. The van der Waals surface area contributed by atoms with Crippen molar-refractivity contribution in [2.45, 2.75) is 13.3 Å². The number of nitrogen functional groups attached to an aromatic ring is 1. The standard InChI is InChI=1S/C15H14FN5O/c1-2-7-22-14-12-13(20-15(17)21-14)18-8-11(19-12)9-3-5-10(16)6-4-9/h3-6,8H,2,7H2,1H3,(H2,17,18,20,21). The molecule has 1 aromatic carbocycles. The fourth-order valence-corrected chi connectivity index (χ4v) is 1.96. The number of rotatable bonds is 4. The summed E-state index contributed by atoms with van der Waals surface area (Å²) >= 11 is 0. The third-order valence-electron chi connectivity index (χ3n) is 2.98. The molecule has 0 aliphatic carbocycles. The zero-order valence-electron chi connectivity index (χ0n) is 12.0. The zero-order chi connectivity index (χ0) is 15.5. The first-order chi connectivity index (χ1) is 10.7. The number of aromatic nitrogens is 4. The Bertz CT molecular complexity index is 807. The van der Waals surface area contributed by atoms with Crippen LogP contribution in [0, 0.1) is 5.82 Å². The third-order valence-corrected chi connectivity index (χ3v) is 2.98. The average Bonchev–Trinajstić information content (AvgIpc) is 2.53. The van der Waals surface area contributed by atoms with Gasteiger partial charge in [-0.15, -0.1) is 0 Å². The quantitative estimate of drug-likeness (QED) is 0.796.